The molecule has 0 aliphatic carbocycles. The first-order valence-electron chi connectivity index (χ1n) is 14.9. The Morgan fingerprint density at radius 2 is 0.733 bits per heavy atom. The Bertz CT molecular complexity index is 2890. The lowest BCUT2D eigenvalue weighted by Crippen LogP contribution is -2.14. The van der Waals surface area contributed by atoms with Crippen LogP contribution in [0, 0.1) is 0 Å². The lowest BCUT2D eigenvalue weighted by atomic mass is 9.86. The maximum atomic E-state index is 14.0. The van der Waals surface area contributed by atoms with E-state index in [1.165, 1.54) is 0 Å². The van der Waals surface area contributed by atoms with Gasteiger partial charge in [0.2, 0.25) is 0 Å². The van der Waals surface area contributed by atoms with E-state index < -0.39 is 0 Å². The molecule has 0 fully saturated rings. The zero-order valence-electron chi connectivity index (χ0n) is 23.8. The van der Waals surface area contributed by atoms with E-state index in [1.807, 2.05) is 74.5 Å². The number of aromatic nitrogens is 4. The average Bonchev–Trinajstić information content (AvgIpc) is 3.66. The molecular weight excluding hydrogens is 556 g/mol. The molecule has 0 amide bonds. The van der Waals surface area contributed by atoms with Gasteiger partial charge in [0.15, 0.2) is 0 Å². The summed E-state index contributed by atoms with van der Waals surface area (Å²) in [5.41, 5.74) is 4.48. The highest BCUT2D eigenvalue weighted by Gasteiger charge is 2.23. The number of hydrogen-bond acceptors (Lipinski definition) is 4. The summed E-state index contributed by atoms with van der Waals surface area (Å²) in [6.07, 6.45) is 0. The molecule has 6 heteroatoms. The molecule has 0 saturated carbocycles. The van der Waals surface area contributed by atoms with Crippen LogP contribution in [0.15, 0.2) is 107 Å². The number of pyridine rings is 2. The van der Waals surface area contributed by atoms with Crippen LogP contribution in [-0.2, 0) is 0 Å². The summed E-state index contributed by atoms with van der Waals surface area (Å²) in [4.78, 5) is 37.7. The van der Waals surface area contributed by atoms with Crippen molar-refractivity contribution < 1.29 is 0 Å². The Labute approximate surface area is 255 Å². The fraction of sp³-hybridized carbons (Fsp3) is 0.0769. The summed E-state index contributed by atoms with van der Waals surface area (Å²) in [5, 5.41) is 11.5. The van der Waals surface area contributed by atoms with Crippen LogP contribution in [0.5, 0.6) is 0 Å². The van der Waals surface area contributed by atoms with E-state index >= 15 is 0 Å². The van der Waals surface area contributed by atoms with Crippen molar-refractivity contribution in [2.24, 2.45) is 0 Å². The number of fused-ring (bicyclic) bond motifs is 10. The number of imidazole rings is 2. The van der Waals surface area contributed by atoms with Crippen molar-refractivity contribution >= 4 is 98.0 Å². The van der Waals surface area contributed by atoms with Crippen molar-refractivity contribution in [3.8, 4) is 0 Å². The van der Waals surface area contributed by atoms with E-state index in [2.05, 4.69) is 36.4 Å². The third kappa shape index (κ3) is 2.85. The number of benzene rings is 7. The highest BCUT2D eigenvalue weighted by atomic mass is 16.1. The third-order valence-corrected chi connectivity index (χ3v) is 9.37. The fourth-order valence-corrected chi connectivity index (χ4v) is 7.68. The van der Waals surface area contributed by atoms with Crippen molar-refractivity contribution in [1.82, 2.24) is 18.8 Å². The molecule has 0 bridgehead atoms. The van der Waals surface area contributed by atoms with Gasteiger partial charge in [-0.15, -0.1) is 0 Å². The predicted molar refractivity (Wildman–Crippen MR) is 188 cm³/mol. The topological polar surface area (TPSA) is 68.7 Å². The summed E-state index contributed by atoms with van der Waals surface area (Å²) < 4.78 is 3.49. The van der Waals surface area contributed by atoms with Gasteiger partial charge in [-0.3, -0.25) is 18.4 Å². The van der Waals surface area contributed by atoms with Crippen LogP contribution in [0.25, 0.3) is 98.0 Å². The van der Waals surface area contributed by atoms with Crippen molar-refractivity contribution in [2.75, 3.05) is 0 Å². The lowest BCUT2D eigenvalue weighted by Gasteiger charge is -2.18. The molecule has 0 radical (unpaired) electrons. The molecule has 214 valence electrons. The zero-order valence-corrected chi connectivity index (χ0v) is 23.8. The van der Waals surface area contributed by atoms with E-state index in [9.17, 15) is 9.59 Å². The zero-order chi connectivity index (χ0) is 29.4. The predicted octanol–water partition coefficient (Wildman–Crippen LogP) is 8.90. The quantitative estimate of drug-likeness (QED) is 0.132. The summed E-state index contributed by atoms with van der Waals surface area (Å²) in [5.74, 6) is 0. The molecule has 6 nitrogen and oxygen atoms in total. The van der Waals surface area contributed by atoms with E-state index in [0.29, 0.717) is 22.1 Å². The van der Waals surface area contributed by atoms with Gasteiger partial charge in [0.1, 0.15) is 11.3 Å². The first-order valence-corrected chi connectivity index (χ1v) is 14.9. The molecule has 7 aromatic carbocycles. The second-order valence-electron chi connectivity index (χ2n) is 11.3. The number of para-hydroxylation sites is 4. The molecule has 4 heterocycles. The highest BCUT2D eigenvalue weighted by molar-refractivity contribution is 6.40. The lowest BCUT2D eigenvalue weighted by molar-refractivity contribution is 1.19. The van der Waals surface area contributed by atoms with Gasteiger partial charge in [-0.25, -0.2) is 9.97 Å². The second kappa shape index (κ2) is 8.61. The van der Waals surface area contributed by atoms with Crippen molar-refractivity contribution in [2.45, 2.75) is 21.3 Å². The van der Waals surface area contributed by atoms with E-state index in [0.717, 1.165) is 75.9 Å². The maximum Gasteiger partial charge on any atom is 0.264 e. The van der Waals surface area contributed by atoms with Crippen LogP contribution in [0.4, 0.5) is 0 Å². The van der Waals surface area contributed by atoms with Crippen molar-refractivity contribution in [3.05, 3.63) is 118 Å². The average molecular weight is 583 g/mol. The highest BCUT2D eigenvalue weighted by Crippen LogP contribution is 2.45. The minimum atomic E-state index is -0.0598. The summed E-state index contributed by atoms with van der Waals surface area (Å²) in [7, 11) is 0. The molecular formula is C39H26N4O2. The molecule has 4 aromatic heterocycles. The third-order valence-electron chi connectivity index (χ3n) is 9.37. The Kier molecular flexibility index (Phi) is 4.90. The Morgan fingerprint density at radius 1 is 0.422 bits per heavy atom. The number of hydrogen-bond donors (Lipinski definition) is 0. The Hall–Kier alpha value is -5.88. The molecule has 0 unspecified atom stereocenters. The SMILES string of the molecule is C.CC.O=c1c2ccc3c4ccc5c(=O)n6c7ccccc7nc6c6ccc(c7ccc(c2c37)c2nc3ccccc3n12)c4c56. The second-order valence-corrected chi connectivity index (χ2v) is 11.3. The van der Waals surface area contributed by atoms with Crippen LogP contribution in [-0.4, -0.2) is 18.8 Å². The van der Waals surface area contributed by atoms with Gasteiger partial charge in [0, 0.05) is 32.3 Å². The van der Waals surface area contributed by atoms with Gasteiger partial charge in [-0.1, -0.05) is 69.8 Å². The van der Waals surface area contributed by atoms with Gasteiger partial charge in [-0.2, -0.15) is 0 Å². The van der Waals surface area contributed by atoms with Crippen molar-refractivity contribution in [1.29, 1.82) is 0 Å². The summed E-state index contributed by atoms with van der Waals surface area (Å²) in [6.45, 7) is 4.00. The minimum absolute atomic E-state index is 0. The first kappa shape index (κ1) is 25.6. The number of rotatable bonds is 0. The molecule has 0 spiro atoms. The van der Waals surface area contributed by atoms with Crippen molar-refractivity contribution in [3.63, 3.8) is 0 Å². The molecule has 11 aromatic rings. The van der Waals surface area contributed by atoms with E-state index in [4.69, 9.17) is 9.97 Å². The van der Waals surface area contributed by atoms with Gasteiger partial charge in [0.05, 0.1) is 22.1 Å². The largest absolute Gasteiger partial charge is 0.268 e. The normalized spacial score (nSPS) is 12.2. The number of nitrogens with zero attached hydrogens (tertiary/aromatic N) is 4. The van der Waals surface area contributed by atoms with E-state index in [-0.39, 0.29) is 18.5 Å². The molecule has 11 rings (SSSR count). The molecule has 0 N–H and O–H groups in total. The van der Waals surface area contributed by atoms with Gasteiger partial charge >= 0.3 is 0 Å². The molecule has 0 atom stereocenters. The standard InChI is InChI=1S/C36H16N4O2.C2H6.CH4/c41-35-23-15-11-19-20-12-16-24-32-22(34-38-26-6-2-4-8-28(26)40(34)36(24)42)14-10-18(30(20)32)17-9-13-21(31(23)29(17)19)33-37-25-5-1-3-7-27(25)39(33)35;1-2;/h1-16H;1-2H3;1H4. The van der Waals surface area contributed by atoms with Gasteiger partial charge < -0.3 is 0 Å². The monoisotopic (exact) mass is 582 g/mol. The molecule has 0 saturated heterocycles. The molecule has 0 aliphatic heterocycles. The molecule has 0 aliphatic rings. The smallest absolute Gasteiger partial charge is 0.264 e. The van der Waals surface area contributed by atoms with Gasteiger partial charge in [0.25, 0.3) is 11.1 Å². The Morgan fingerprint density at radius 3 is 1.13 bits per heavy atom. The maximum absolute atomic E-state index is 14.0. The fourth-order valence-electron chi connectivity index (χ4n) is 7.68. The van der Waals surface area contributed by atoms with Crippen LogP contribution in [0.3, 0.4) is 0 Å². The van der Waals surface area contributed by atoms with E-state index in [1.54, 1.807) is 8.80 Å². The first-order chi connectivity index (χ1) is 21.7. The van der Waals surface area contributed by atoms with Crippen LogP contribution in [0.1, 0.15) is 21.3 Å². The van der Waals surface area contributed by atoms with Crippen LogP contribution >= 0.6 is 0 Å². The van der Waals surface area contributed by atoms with Crippen LogP contribution < -0.4 is 11.1 Å². The summed E-state index contributed by atoms with van der Waals surface area (Å²) in [6, 6.07) is 32.1. The van der Waals surface area contributed by atoms with Crippen LogP contribution in [0.2, 0.25) is 0 Å². The van der Waals surface area contributed by atoms with Gasteiger partial charge in [-0.05, 0) is 80.8 Å². The summed E-state index contributed by atoms with van der Waals surface area (Å²) >= 11 is 0. The minimum Gasteiger partial charge on any atom is -0.268 e. The molecule has 45 heavy (non-hydrogen) atoms. The Balaban J connectivity index is 0.000000920.